The van der Waals surface area contributed by atoms with Crippen molar-refractivity contribution >= 4 is 11.8 Å². The lowest BCUT2D eigenvalue weighted by atomic mass is 9.69. The summed E-state index contributed by atoms with van der Waals surface area (Å²) in [5.74, 6) is 2.15. The van der Waals surface area contributed by atoms with Crippen molar-refractivity contribution in [2.45, 2.75) is 69.9 Å². The van der Waals surface area contributed by atoms with Gasteiger partial charge in [-0.2, -0.15) is 0 Å². The number of carbonyl (C=O) groups is 2. The first-order valence-corrected chi connectivity index (χ1v) is 10.4. The van der Waals surface area contributed by atoms with E-state index >= 15 is 0 Å². The van der Waals surface area contributed by atoms with Gasteiger partial charge in [-0.15, -0.1) is 0 Å². The van der Waals surface area contributed by atoms with Gasteiger partial charge in [0, 0.05) is 38.0 Å². The number of nitrogens with one attached hydrogen (secondary N) is 1. The van der Waals surface area contributed by atoms with Crippen molar-refractivity contribution in [1.82, 2.24) is 15.1 Å². The van der Waals surface area contributed by atoms with Crippen molar-refractivity contribution in [2.75, 3.05) is 26.7 Å². The molecule has 5 heteroatoms. The number of nitrogens with zero attached hydrogens (tertiary/aromatic N) is 2. The Morgan fingerprint density at radius 1 is 1.08 bits per heavy atom. The van der Waals surface area contributed by atoms with Crippen LogP contribution in [0, 0.1) is 17.8 Å². The molecule has 0 radical (unpaired) electrons. The molecule has 5 nitrogen and oxygen atoms in total. The molecule has 0 aromatic carbocycles. The summed E-state index contributed by atoms with van der Waals surface area (Å²) in [6, 6.07) is 1.05. The fourth-order valence-electron chi connectivity index (χ4n) is 5.78. The van der Waals surface area contributed by atoms with Gasteiger partial charge in [-0.3, -0.25) is 14.5 Å². The van der Waals surface area contributed by atoms with E-state index in [0.717, 1.165) is 32.2 Å². The van der Waals surface area contributed by atoms with E-state index in [1.807, 2.05) is 0 Å². The van der Waals surface area contributed by atoms with Crippen LogP contribution in [-0.2, 0) is 9.59 Å². The zero-order chi connectivity index (χ0) is 17.4. The van der Waals surface area contributed by atoms with Crippen molar-refractivity contribution < 1.29 is 9.59 Å². The predicted octanol–water partition coefficient (Wildman–Crippen LogP) is 2.01. The number of likely N-dealkylation sites (tertiary alicyclic amines) is 1. The van der Waals surface area contributed by atoms with Crippen molar-refractivity contribution in [2.24, 2.45) is 17.8 Å². The van der Waals surface area contributed by atoms with Crippen LogP contribution in [0.25, 0.3) is 0 Å². The normalized spacial score (nSPS) is 35.2. The van der Waals surface area contributed by atoms with Gasteiger partial charge in [0.2, 0.25) is 11.8 Å². The van der Waals surface area contributed by atoms with Crippen molar-refractivity contribution in [3.05, 3.63) is 0 Å². The van der Waals surface area contributed by atoms with E-state index in [2.05, 4.69) is 15.1 Å². The smallest absolute Gasteiger partial charge is 0.225 e. The Morgan fingerprint density at radius 3 is 2.56 bits per heavy atom. The first-order chi connectivity index (χ1) is 12.2. The third kappa shape index (κ3) is 3.44. The van der Waals surface area contributed by atoms with Crippen LogP contribution >= 0.6 is 0 Å². The quantitative estimate of drug-likeness (QED) is 0.828. The molecule has 4 aliphatic rings. The Labute approximate surface area is 151 Å². The maximum Gasteiger partial charge on any atom is 0.225 e. The van der Waals surface area contributed by atoms with Crippen LogP contribution < -0.4 is 5.32 Å². The lowest BCUT2D eigenvalue weighted by Gasteiger charge is -2.57. The Hall–Kier alpha value is -1.10. The van der Waals surface area contributed by atoms with E-state index in [-0.39, 0.29) is 5.91 Å². The van der Waals surface area contributed by atoms with Crippen molar-refractivity contribution in [3.8, 4) is 0 Å². The number of hydrogen-bond acceptors (Lipinski definition) is 3. The number of hydrogen-bond donors (Lipinski definition) is 1. The lowest BCUT2D eigenvalue weighted by molar-refractivity contribution is -0.147. The highest BCUT2D eigenvalue weighted by molar-refractivity contribution is 5.81. The zero-order valence-corrected chi connectivity index (χ0v) is 15.6. The van der Waals surface area contributed by atoms with E-state index < -0.39 is 0 Å². The molecule has 0 aromatic heterocycles. The molecule has 3 heterocycles. The van der Waals surface area contributed by atoms with E-state index in [9.17, 15) is 9.59 Å². The SMILES string of the molecule is CNC(=O)CCC[C@@H]1[C@H]2CCCN3CCC[C@@H](CN1C(=O)C1CC1)[C@@H]23. The van der Waals surface area contributed by atoms with E-state index in [1.54, 1.807) is 7.05 Å². The first-order valence-electron chi connectivity index (χ1n) is 10.4. The third-order valence-electron chi connectivity index (χ3n) is 7.06. The first kappa shape index (κ1) is 17.3. The van der Waals surface area contributed by atoms with Gasteiger partial charge in [0.05, 0.1) is 0 Å². The second kappa shape index (κ2) is 7.26. The van der Waals surface area contributed by atoms with Gasteiger partial charge in [0.25, 0.3) is 0 Å². The van der Waals surface area contributed by atoms with Gasteiger partial charge in [0.1, 0.15) is 0 Å². The molecule has 140 valence electrons. The monoisotopic (exact) mass is 347 g/mol. The summed E-state index contributed by atoms with van der Waals surface area (Å²) in [7, 11) is 1.71. The Morgan fingerprint density at radius 2 is 1.84 bits per heavy atom. The van der Waals surface area contributed by atoms with Crippen LogP contribution in [0.4, 0.5) is 0 Å². The number of piperidine rings is 3. The van der Waals surface area contributed by atoms with Crippen LogP contribution in [0.1, 0.15) is 57.8 Å². The Bertz CT molecular complexity index is 517. The maximum atomic E-state index is 13.0. The molecule has 3 saturated heterocycles. The second-order valence-electron chi connectivity index (χ2n) is 8.63. The Balaban J connectivity index is 1.51. The van der Waals surface area contributed by atoms with Crippen molar-refractivity contribution in [1.29, 1.82) is 0 Å². The van der Waals surface area contributed by atoms with Gasteiger partial charge < -0.3 is 10.2 Å². The molecule has 3 aliphatic heterocycles. The minimum Gasteiger partial charge on any atom is -0.359 e. The fraction of sp³-hybridized carbons (Fsp3) is 0.900. The molecule has 4 atom stereocenters. The lowest BCUT2D eigenvalue weighted by Crippen LogP contribution is -2.65. The van der Waals surface area contributed by atoms with Crippen LogP contribution in [0.2, 0.25) is 0 Å². The van der Waals surface area contributed by atoms with E-state index in [0.29, 0.717) is 42.2 Å². The molecule has 0 bridgehead atoms. The fourth-order valence-corrected chi connectivity index (χ4v) is 5.78. The van der Waals surface area contributed by atoms with Gasteiger partial charge in [-0.05, 0) is 76.3 Å². The summed E-state index contributed by atoms with van der Waals surface area (Å²) in [6.45, 7) is 3.47. The molecular formula is C20H33N3O2. The molecule has 0 spiro atoms. The van der Waals surface area contributed by atoms with Gasteiger partial charge >= 0.3 is 0 Å². The maximum absolute atomic E-state index is 13.0. The summed E-state index contributed by atoms with van der Waals surface area (Å²) in [4.78, 5) is 29.6. The van der Waals surface area contributed by atoms with Crippen LogP contribution in [0.15, 0.2) is 0 Å². The molecule has 1 saturated carbocycles. The predicted molar refractivity (Wildman–Crippen MR) is 97.0 cm³/mol. The number of rotatable bonds is 5. The van der Waals surface area contributed by atoms with Gasteiger partial charge in [-0.1, -0.05) is 0 Å². The summed E-state index contributed by atoms with van der Waals surface area (Å²) in [5.41, 5.74) is 0. The van der Waals surface area contributed by atoms with Crippen LogP contribution in [0.3, 0.4) is 0 Å². The molecule has 4 fully saturated rings. The summed E-state index contributed by atoms with van der Waals surface area (Å²) >= 11 is 0. The second-order valence-corrected chi connectivity index (χ2v) is 8.63. The molecule has 1 N–H and O–H groups in total. The largest absolute Gasteiger partial charge is 0.359 e. The van der Waals surface area contributed by atoms with Crippen LogP contribution in [-0.4, -0.2) is 60.4 Å². The molecule has 0 unspecified atom stereocenters. The highest BCUT2D eigenvalue weighted by Crippen LogP contribution is 2.45. The highest BCUT2D eigenvalue weighted by Gasteiger charge is 2.50. The average molecular weight is 348 g/mol. The van der Waals surface area contributed by atoms with Crippen LogP contribution in [0.5, 0.6) is 0 Å². The minimum absolute atomic E-state index is 0.122. The number of amides is 2. The summed E-state index contributed by atoms with van der Waals surface area (Å²) in [6.07, 6.45) is 9.76. The zero-order valence-electron chi connectivity index (χ0n) is 15.6. The summed E-state index contributed by atoms with van der Waals surface area (Å²) < 4.78 is 0. The number of carbonyl (C=O) groups excluding carboxylic acids is 2. The topological polar surface area (TPSA) is 52.7 Å². The molecule has 4 rings (SSSR count). The molecule has 2 amide bonds. The van der Waals surface area contributed by atoms with Crippen molar-refractivity contribution in [3.63, 3.8) is 0 Å². The van der Waals surface area contributed by atoms with E-state index in [4.69, 9.17) is 0 Å². The molecule has 1 aliphatic carbocycles. The van der Waals surface area contributed by atoms with Gasteiger partial charge in [-0.25, -0.2) is 0 Å². The van der Waals surface area contributed by atoms with E-state index in [1.165, 1.54) is 38.8 Å². The standard InChI is InChI=1S/C20H33N3O2/c1-21-18(24)8-2-7-17-16-6-4-12-22-11-3-5-15(19(16)22)13-23(17)20(25)14-9-10-14/h14-17,19H,2-13H2,1H3,(H,21,24)/t15-,16+,17+,19-/m0/s1. The molecular weight excluding hydrogens is 314 g/mol. The average Bonchev–Trinajstić information content (AvgIpc) is 3.48. The molecule has 0 aromatic rings. The Kier molecular flexibility index (Phi) is 5.03. The summed E-state index contributed by atoms with van der Waals surface area (Å²) in [5, 5.41) is 2.73. The van der Waals surface area contributed by atoms with Gasteiger partial charge in [0.15, 0.2) is 0 Å². The minimum atomic E-state index is 0.122. The highest BCUT2D eigenvalue weighted by atomic mass is 16.2. The third-order valence-corrected chi connectivity index (χ3v) is 7.06. The molecule has 25 heavy (non-hydrogen) atoms.